The molecule has 0 unspecified atom stereocenters. The number of hydrogen-bond donors (Lipinski definition) is 0. The molecule has 14 heavy (non-hydrogen) atoms. The van der Waals surface area contributed by atoms with Crippen molar-refractivity contribution in [2.24, 2.45) is 0 Å². The summed E-state index contributed by atoms with van der Waals surface area (Å²) in [5, 5.41) is 0. The highest BCUT2D eigenvalue weighted by molar-refractivity contribution is 9.10. The first-order chi connectivity index (χ1) is 6.59. The lowest BCUT2D eigenvalue weighted by Crippen LogP contribution is -2.26. The summed E-state index contributed by atoms with van der Waals surface area (Å²) in [7, 11) is 0. The Morgan fingerprint density at radius 1 is 1.57 bits per heavy atom. The molecule has 0 radical (unpaired) electrons. The Morgan fingerprint density at radius 3 is 2.93 bits per heavy atom. The van der Waals surface area contributed by atoms with E-state index < -0.39 is 0 Å². The fourth-order valence-electron chi connectivity index (χ4n) is 1.93. The number of hydrogen-bond acceptors (Lipinski definition) is 1. The summed E-state index contributed by atoms with van der Waals surface area (Å²) in [5.41, 5.74) is 2.32. The van der Waals surface area contributed by atoms with Gasteiger partial charge in [0.15, 0.2) is 0 Å². The molecule has 1 aromatic carbocycles. The van der Waals surface area contributed by atoms with Crippen molar-refractivity contribution in [1.82, 2.24) is 0 Å². The van der Waals surface area contributed by atoms with E-state index in [1.165, 1.54) is 5.56 Å². The molecule has 0 saturated carbocycles. The van der Waals surface area contributed by atoms with Crippen LogP contribution in [0.1, 0.15) is 25.3 Å². The van der Waals surface area contributed by atoms with E-state index in [1.807, 2.05) is 17.0 Å². The third-order valence-electron chi connectivity index (χ3n) is 2.65. The van der Waals surface area contributed by atoms with Crippen molar-refractivity contribution in [3.63, 3.8) is 0 Å². The molecule has 0 aromatic heterocycles. The van der Waals surface area contributed by atoms with Crippen molar-refractivity contribution < 1.29 is 4.79 Å². The second kappa shape index (κ2) is 3.39. The Labute approximate surface area is 92.0 Å². The van der Waals surface area contributed by atoms with E-state index in [-0.39, 0.29) is 5.91 Å². The van der Waals surface area contributed by atoms with E-state index in [1.54, 1.807) is 6.92 Å². The summed E-state index contributed by atoms with van der Waals surface area (Å²) in [5.74, 6) is 0.560. The van der Waals surface area contributed by atoms with Crippen molar-refractivity contribution in [3.05, 3.63) is 28.2 Å². The number of nitrogens with zero attached hydrogens (tertiary/aromatic N) is 1. The maximum Gasteiger partial charge on any atom is 0.223 e. The molecule has 0 N–H and O–H groups in total. The number of anilines is 1. The van der Waals surface area contributed by atoms with Crippen LogP contribution >= 0.6 is 15.9 Å². The lowest BCUT2D eigenvalue weighted by atomic mass is 10.0. The SMILES string of the molecule is CC(=O)N1C[C@@H](C)c2cc(Br)ccc21. The van der Waals surface area contributed by atoms with Crippen LogP contribution in [0.25, 0.3) is 0 Å². The van der Waals surface area contributed by atoms with E-state index in [0.717, 1.165) is 16.7 Å². The maximum absolute atomic E-state index is 11.4. The van der Waals surface area contributed by atoms with Gasteiger partial charge in [0, 0.05) is 29.5 Å². The van der Waals surface area contributed by atoms with E-state index in [9.17, 15) is 4.79 Å². The van der Waals surface area contributed by atoms with Crippen LogP contribution in [0.2, 0.25) is 0 Å². The lowest BCUT2D eigenvalue weighted by Gasteiger charge is -2.14. The molecule has 0 fully saturated rings. The Balaban J connectivity index is 2.49. The predicted molar refractivity (Wildman–Crippen MR) is 60.6 cm³/mol. The van der Waals surface area contributed by atoms with Gasteiger partial charge in [-0.25, -0.2) is 0 Å². The third kappa shape index (κ3) is 1.46. The molecule has 1 amide bonds. The number of carbonyl (C=O) groups is 1. The molecule has 1 heterocycles. The van der Waals surface area contributed by atoms with Crippen LogP contribution in [0.15, 0.2) is 22.7 Å². The first-order valence-electron chi connectivity index (χ1n) is 4.67. The molecule has 3 heteroatoms. The average molecular weight is 254 g/mol. The Hall–Kier alpha value is -0.830. The first kappa shape index (κ1) is 9.71. The topological polar surface area (TPSA) is 20.3 Å². The Kier molecular flexibility index (Phi) is 2.35. The molecule has 74 valence electrons. The van der Waals surface area contributed by atoms with Crippen LogP contribution in [0.4, 0.5) is 5.69 Å². The fraction of sp³-hybridized carbons (Fsp3) is 0.364. The summed E-state index contributed by atoms with van der Waals surface area (Å²) in [4.78, 5) is 13.2. The van der Waals surface area contributed by atoms with Crippen LogP contribution in [0.5, 0.6) is 0 Å². The summed E-state index contributed by atoms with van der Waals surface area (Å²) < 4.78 is 1.08. The molecule has 2 nitrogen and oxygen atoms in total. The normalized spacial score (nSPS) is 19.6. The van der Waals surface area contributed by atoms with Gasteiger partial charge in [0.1, 0.15) is 0 Å². The van der Waals surface area contributed by atoms with Gasteiger partial charge in [-0.15, -0.1) is 0 Å². The average Bonchev–Trinajstić information content (AvgIpc) is 2.44. The Bertz CT molecular complexity index is 389. The monoisotopic (exact) mass is 253 g/mol. The van der Waals surface area contributed by atoms with E-state index >= 15 is 0 Å². The molecule has 1 atom stereocenters. The number of halogens is 1. The number of amides is 1. The van der Waals surface area contributed by atoms with Crippen molar-refractivity contribution in [1.29, 1.82) is 0 Å². The molecule has 2 rings (SSSR count). The standard InChI is InChI=1S/C11H12BrNO/c1-7-6-13(8(2)14)11-4-3-9(12)5-10(7)11/h3-5,7H,6H2,1-2H3/t7-/m1/s1. The second-order valence-corrected chi connectivity index (χ2v) is 4.65. The molecular weight excluding hydrogens is 242 g/mol. The molecule has 0 bridgehead atoms. The zero-order valence-corrected chi connectivity index (χ0v) is 9.84. The third-order valence-corrected chi connectivity index (χ3v) is 3.14. The molecule has 0 saturated heterocycles. The van der Waals surface area contributed by atoms with E-state index in [0.29, 0.717) is 5.92 Å². The number of benzene rings is 1. The van der Waals surface area contributed by atoms with Gasteiger partial charge in [-0.2, -0.15) is 0 Å². The van der Waals surface area contributed by atoms with Crippen LogP contribution < -0.4 is 4.90 Å². The smallest absolute Gasteiger partial charge is 0.223 e. The van der Waals surface area contributed by atoms with Crippen molar-refractivity contribution in [2.75, 3.05) is 11.4 Å². The van der Waals surface area contributed by atoms with Gasteiger partial charge in [0.05, 0.1) is 0 Å². The van der Waals surface area contributed by atoms with Crippen LogP contribution in [-0.2, 0) is 4.79 Å². The highest BCUT2D eigenvalue weighted by Crippen LogP contribution is 2.37. The number of fused-ring (bicyclic) bond motifs is 1. The summed E-state index contributed by atoms with van der Waals surface area (Å²) >= 11 is 3.45. The van der Waals surface area contributed by atoms with Gasteiger partial charge in [-0.1, -0.05) is 22.9 Å². The zero-order valence-electron chi connectivity index (χ0n) is 8.25. The molecular formula is C11H12BrNO. The molecule has 0 aliphatic carbocycles. The van der Waals surface area contributed by atoms with Gasteiger partial charge in [-0.05, 0) is 23.8 Å². The van der Waals surface area contributed by atoms with Gasteiger partial charge >= 0.3 is 0 Å². The molecule has 1 aliphatic heterocycles. The second-order valence-electron chi connectivity index (χ2n) is 3.73. The minimum Gasteiger partial charge on any atom is -0.312 e. The minimum atomic E-state index is 0.123. The predicted octanol–water partition coefficient (Wildman–Crippen LogP) is 2.92. The maximum atomic E-state index is 11.4. The van der Waals surface area contributed by atoms with Gasteiger partial charge in [-0.3, -0.25) is 4.79 Å². The number of carbonyl (C=O) groups excluding carboxylic acids is 1. The van der Waals surface area contributed by atoms with Crippen LogP contribution in [-0.4, -0.2) is 12.5 Å². The molecule has 1 aliphatic rings. The van der Waals surface area contributed by atoms with Crippen molar-refractivity contribution in [2.45, 2.75) is 19.8 Å². The van der Waals surface area contributed by atoms with Gasteiger partial charge in [0.2, 0.25) is 5.91 Å². The van der Waals surface area contributed by atoms with Crippen molar-refractivity contribution in [3.8, 4) is 0 Å². The molecule has 1 aromatic rings. The van der Waals surface area contributed by atoms with Crippen LogP contribution in [0, 0.1) is 0 Å². The summed E-state index contributed by atoms with van der Waals surface area (Å²) in [6, 6.07) is 6.08. The van der Waals surface area contributed by atoms with Gasteiger partial charge in [0.25, 0.3) is 0 Å². The minimum absolute atomic E-state index is 0.123. The van der Waals surface area contributed by atoms with Crippen LogP contribution in [0.3, 0.4) is 0 Å². The zero-order chi connectivity index (χ0) is 10.3. The number of rotatable bonds is 0. The lowest BCUT2D eigenvalue weighted by molar-refractivity contribution is -0.116. The Morgan fingerprint density at radius 2 is 2.29 bits per heavy atom. The quantitative estimate of drug-likeness (QED) is 0.697. The van der Waals surface area contributed by atoms with Gasteiger partial charge < -0.3 is 4.90 Å². The highest BCUT2D eigenvalue weighted by Gasteiger charge is 2.27. The fourth-order valence-corrected chi connectivity index (χ4v) is 2.31. The van der Waals surface area contributed by atoms with E-state index in [4.69, 9.17) is 0 Å². The van der Waals surface area contributed by atoms with E-state index in [2.05, 4.69) is 28.9 Å². The highest BCUT2D eigenvalue weighted by atomic mass is 79.9. The first-order valence-corrected chi connectivity index (χ1v) is 5.46. The molecule has 0 spiro atoms. The summed E-state index contributed by atoms with van der Waals surface area (Å²) in [6.45, 7) is 4.57. The largest absolute Gasteiger partial charge is 0.312 e. The summed E-state index contributed by atoms with van der Waals surface area (Å²) in [6.07, 6.45) is 0. The van der Waals surface area contributed by atoms with Crippen molar-refractivity contribution >= 4 is 27.5 Å².